The summed E-state index contributed by atoms with van der Waals surface area (Å²) < 4.78 is 5.55. The zero-order chi connectivity index (χ0) is 13.2. The first kappa shape index (κ1) is 12.4. The molecule has 1 saturated heterocycles. The van der Waals surface area contributed by atoms with Crippen LogP contribution in [-0.4, -0.2) is 47.2 Å². The van der Waals surface area contributed by atoms with Gasteiger partial charge < -0.3 is 14.2 Å². The average molecular weight is 264 g/mol. The molecule has 104 valence electrons. The zero-order valence-corrected chi connectivity index (χ0v) is 11.3. The van der Waals surface area contributed by atoms with Gasteiger partial charge in [0.2, 0.25) is 11.8 Å². The fraction of sp³-hybridized carbons (Fsp3) is 0.769. The molecule has 1 amide bonds. The number of hydrogen-bond donors (Lipinski definition) is 0. The summed E-state index contributed by atoms with van der Waals surface area (Å²) in [6, 6.07) is 0.590. The van der Waals surface area contributed by atoms with Gasteiger partial charge in [-0.3, -0.25) is 4.79 Å². The van der Waals surface area contributed by atoms with Crippen LogP contribution in [0.5, 0.6) is 0 Å². The van der Waals surface area contributed by atoms with Gasteiger partial charge in [0.1, 0.15) is 0 Å². The number of carbonyl (C=O) groups is 1. The number of amides is 1. The first-order chi connectivity index (χ1) is 9.28. The van der Waals surface area contributed by atoms with Gasteiger partial charge in [-0.1, -0.05) is 18.4 Å². The van der Waals surface area contributed by atoms with E-state index in [-0.39, 0.29) is 0 Å². The largest absolute Gasteiger partial charge is 0.408 e. The van der Waals surface area contributed by atoms with Crippen molar-refractivity contribution in [1.29, 1.82) is 0 Å². The van der Waals surface area contributed by atoms with Crippen LogP contribution in [0.2, 0.25) is 0 Å². The Balaban J connectivity index is 1.55. The zero-order valence-electron chi connectivity index (χ0n) is 11.3. The van der Waals surface area contributed by atoms with Gasteiger partial charge in [-0.25, -0.2) is 0 Å². The maximum absolute atomic E-state index is 12.1. The van der Waals surface area contributed by atoms with Gasteiger partial charge in [-0.2, -0.15) is 0 Å². The van der Waals surface area contributed by atoms with Crippen LogP contribution in [0.1, 0.15) is 32.1 Å². The first-order valence-electron chi connectivity index (χ1n) is 7.14. The van der Waals surface area contributed by atoms with Crippen molar-refractivity contribution >= 4 is 11.9 Å². The Labute approximate surface area is 112 Å². The summed E-state index contributed by atoms with van der Waals surface area (Å²) in [5.41, 5.74) is 0. The summed E-state index contributed by atoms with van der Waals surface area (Å²) in [6.45, 7) is 5.08. The molecular formula is C13H20N4O2. The number of carbonyl (C=O) groups excluding carboxylic acids is 1. The number of rotatable bonds is 3. The third-order valence-electron chi connectivity index (χ3n) is 4.07. The monoisotopic (exact) mass is 264 g/mol. The molecule has 0 radical (unpaired) electrons. The van der Waals surface area contributed by atoms with Crippen LogP contribution < -0.4 is 4.90 Å². The fourth-order valence-corrected chi connectivity index (χ4v) is 2.55. The number of piperazine rings is 1. The number of aromatic nitrogens is 2. The molecular weight excluding hydrogens is 244 g/mol. The van der Waals surface area contributed by atoms with Crippen LogP contribution in [-0.2, 0) is 11.2 Å². The summed E-state index contributed by atoms with van der Waals surface area (Å²) in [7, 11) is 0. The Hall–Kier alpha value is -1.59. The van der Waals surface area contributed by atoms with Crippen molar-refractivity contribution in [2.24, 2.45) is 5.92 Å². The van der Waals surface area contributed by atoms with Crippen LogP contribution in [0.4, 0.5) is 6.01 Å². The van der Waals surface area contributed by atoms with Crippen LogP contribution in [0, 0.1) is 5.92 Å². The van der Waals surface area contributed by atoms with Crippen LogP contribution in [0.3, 0.4) is 0 Å². The third kappa shape index (κ3) is 2.43. The van der Waals surface area contributed by atoms with Crippen LogP contribution in [0.25, 0.3) is 0 Å². The molecule has 6 nitrogen and oxygen atoms in total. The lowest BCUT2D eigenvalue weighted by Gasteiger charge is -2.37. The highest BCUT2D eigenvalue weighted by molar-refractivity contribution is 5.79. The van der Waals surface area contributed by atoms with Crippen molar-refractivity contribution in [1.82, 2.24) is 15.1 Å². The molecule has 0 atom stereocenters. The SMILES string of the molecule is CCc1nnc(N2CCN(C(=O)C3CCC3)CC2)o1. The van der Waals surface area contributed by atoms with Crippen molar-refractivity contribution in [2.75, 3.05) is 31.1 Å². The van der Waals surface area contributed by atoms with Crippen molar-refractivity contribution in [3.63, 3.8) is 0 Å². The number of hydrogen-bond acceptors (Lipinski definition) is 5. The molecule has 0 unspecified atom stereocenters. The quantitative estimate of drug-likeness (QED) is 0.817. The Morgan fingerprint density at radius 2 is 2.00 bits per heavy atom. The van der Waals surface area contributed by atoms with Crippen LogP contribution in [0.15, 0.2) is 4.42 Å². The molecule has 1 aromatic rings. The molecule has 0 spiro atoms. The Morgan fingerprint density at radius 3 is 2.53 bits per heavy atom. The minimum Gasteiger partial charge on any atom is -0.408 e. The number of aryl methyl sites for hydroxylation is 1. The normalized spacial score (nSPS) is 20.5. The second-order valence-corrected chi connectivity index (χ2v) is 5.27. The predicted octanol–water partition coefficient (Wildman–Crippen LogP) is 1.08. The summed E-state index contributed by atoms with van der Waals surface area (Å²) >= 11 is 0. The van der Waals surface area contributed by atoms with Gasteiger partial charge in [0.15, 0.2) is 0 Å². The van der Waals surface area contributed by atoms with Gasteiger partial charge >= 0.3 is 6.01 Å². The summed E-state index contributed by atoms with van der Waals surface area (Å²) in [5, 5.41) is 8.02. The lowest BCUT2D eigenvalue weighted by atomic mass is 9.84. The molecule has 0 aromatic carbocycles. The number of nitrogens with zero attached hydrogens (tertiary/aromatic N) is 4. The smallest absolute Gasteiger partial charge is 0.318 e. The van der Waals surface area contributed by atoms with E-state index >= 15 is 0 Å². The first-order valence-corrected chi connectivity index (χ1v) is 7.14. The van der Waals surface area contributed by atoms with Crippen LogP contribution >= 0.6 is 0 Å². The Kier molecular flexibility index (Phi) is 3.40. The van der Waals surface area contributed by atoms with Crippen molar-refractivity contribution in [2.45, 2.75) is 32.6 Å². The van der Waals surface area contributed by atoms with Gasteiger partial charge in [0, 0.05) is 38.5 Å². The third-order valence-corrected chi connectivity index (χ3v) is 4.07. The number of anilines is 1. The van der Waals surface area contributed by atoms with Crippen molar-refractivity contribution in [3.8, 4) is 0 Å². The summed E-state index contributed by atoms with van der Waals surface area (Å²) in [5.74, 6) is 1.30. The molecule has 6 heteroatoms. The van der Waals surface area contributed by atoms with E-state index in [1.165, 1.54) is 6.42 Å². The lowest BCUT2D eigenvalue weighted by Crippen LogP contribution is -2.51. The van der Waals surface area contributed by atoms with Gasteiger partial charge in [-0.05, 0) is 12.8 Å². The van der Waals surface area contributed by atoms with E-state index in [1.54, 1.807) is 0 Å². The van der Waals surface area contributed by atoms with Gasteiger partial charge in [0.25, 0.3) is 0 Å². The highest BCUT2D eigenvalue weighted by atomic mass is 16.4. The molecule has 3 rings (SSSR count). The molecule has 0 N–H and O–H groups in total. The van der Waals surface area contributed by atoms with Gasteiger partial charge in [0.05, 0.1) is 0 Å². The Morgan fingerprint density at radius 1 is 1.26 bits per heavy atom. The molecule has 2 fully saturated rings. The molecule has 2 heterocycles. The molecule has 1 aliphatic carbocycles. The maximum atomic E-state index is 12.1. The lowest BCUT2D eigenvalue weighted by molar-refractivity contribution is -0.138. The van der Waals surface area contributed by atoms with E-state index in [4.69, 9.17) is 4.42 Å². The average Bonchev–Trinajstić information content (AvgIpc) is 2.85. The highest BCUT2D eigenvalue weighted by Crippen LogP contribution is 2.28. The van der Waals surface area contributed by atoms with Crippen molar-refractivity contribution < 1.29 is 9.21 Å². The van der Waals surface area contributed by atoms with E-state index in [2.05, 4.69) is 15.1 Å². The second kappa shape index (κ2) is 5.19. The molecule has 2 aliphatic rings. The van der Waals surface area contributed by atoms with Crippen molar-refractivity contribution in [3.05, 3.63) is 5.89 Å². The predicted molar refractivity (Wildman–Crippen MR) is 69.8 cm³/mol. The standard InChI is InChI=1S/C13H20N4O2/c1-2-11-14-15-13(19-11)17-8-6-16(7-9-17)12(18)10-4-3-5-10/h10H,2-9H2,1H3. The topological polar surface area (TPSA) is 62.5 Å². The summed E-state index contributed by atoms with van der Waals surface area (Å²) in [6.07, 6.45) is 4.11. The van der Waals surface area contributed by atoms with E-state index in [9.17, 15) is 4.79 Å². The molecule has 1 aliphatic heterocycles. The van der Waals surface area contributed by atoms with E-state index in [0.717, 1.165) is 45.4 Å². The molecule has 0 bridgehead atoms. The molecule has 1 aromatic heterocycles. The van der Waals surface area contributed by atoms with E-state index in [1.807, 2.05) is 11.8 Å². The minimum atomic E-state index is 0.293. The molecule has 19 heavy (non-hydrogen) atoms. The van der Waals surface area contributed by atoms with E-state index < -0.39 is 0 Å². The van der Waals surface area contributed by atoms with E-state index in [0.29, 0.717) is 23.7 Å². The van der Waals surface area contributed by atoms with Gasteiger partial charge in [-0.15, -0.1) is 5.10 Å². The fourth-order valence-electron chi connectivity index (χ4n) is 2.55. The Bertz CT molecular complexity index is 447. The maximum Gasteiger partial charge on any atom is 0.318 e. The molecule has 1 saturated carbocycles. The second-order valence-electron chi connectivity index (χ2n) is 5.27. The minimum absolute atomic E-state index is 0.293. The highest BCUT2D eigenvalue weighted by Gasteiger charge is 2.31. The summed E-state index contributed by atoms with van der Waals surface area (Å²) in [4.78, 5) is 16.2.